The Morgan fingerprint density at radius 2 is 1.41 bits per heavy atom. The highest BCUT2D eigenvalue weighted by atomic mass is 79.9. The average Bonchev–Trinajstić information content (AvgIpc) is 2.67. The summed E-state index contributed by atoms with van der Waals surface area (Å²) in [6.07, 6.45) is 2.26. The lowest BCUT2D eigenvalue weighted by molar-refractivity contribution is -0.107. The van der Waals surface area contributed by atoms with E-state index < -0.39 is 0 Å². The van der Waals surface area contributed by atoms with Gasteiger partial charge in [-0.2, -0.15) is 0 Å². The van der Waals surface area contributed by atoms with Gasteiger partial charge in [0.25, 0.3) is 0 Å². The first-order valence-corrected chi connectivity index (χ1v) is 9.21. The smallest absolute Gasteiger partial charge is 0.150 e. The number of halogens is 1. The van der Waals surface area contributed by atoms with Crippen molar-refractivity contribution in [1.82, 2.24) is 0 Å². The van der Waals surface area contributed by atoms with Crippen molar-refractivity contribution in [3.63, 3.8) is 0 Å². The Balaban J connectivity index is 0. The molecule has 27 heavy (non-hydrogen) atoms. The molecule has 0 bridgehead atoms. The molecule has 0 amide bonds. The SMILES string of the molecule is CO.COC(C)(C)C.Cc1ccc(C=O)cc1.O=CCc1ccc(Br)cc1. The number of aliphatic hydroxyl groups is 1. The summed E-state index contributed by atoms with van der Waals surface area (Å²) < 4.78 is 5.98. The number of hydrogen-bond acceptors (Lipinski definition) is 4. The lowest BCUT2D eigenvalue weighted by Gasteiger charge is -2.14. The minimum absolute atomic E-state index is 0.0417. The van der Waals surface area contributed by atoms with Crippen LogP contribution in [0.5, 0.6) is 0 Å². The zero-order chi connectivity index (χ0) is 21.3. The summed E-state index contributed by atoms with van der Waals surface area (Å²) in [5.41, 5.74) is 3.01. The van der Waals surface area contributed by atoms with Gasteiger partial charge in [-0.05, 0) is 45.4 Å². The molecule has 0 unspecified atom stereocenters. The van der Waals surface area contributed by atoms with Crippen LogP contribution in [0.1, 0.15) is 42.3 Å². The van der Waals surface area contributed by atoms with Gasteiger partial charge >= 0.3 is 0 Å². The van der Waals surface area contributed by atoms with Gasteiger partial charge in [0, 0.05) is 30.7 Å². The third-order valence-corrected chi connectivity index (χ3v) is 3.59. The highest BCUT2D eigenvalue weighted by molar-refractivity contribution is 9.10. The maximum absolute atomic E-state index is 10.1. The van der Waals surface area contributed by atoms with E-state index in [0.717, 1.165) is 35.3 Å². The highest BCUT2D eigenvalue weighted by Crippen LogP contribution is 2.10. The summed E-state index contributed by atoms with van der Waals surface area (Å²) >= 11 is 3.31. The summed E-state index contributed by atoms with van der Waals surface area (Å²) in [5.74, 6) is 0. The summed E-state index contributed by atoms with van der Waals surface area (Å²) in [7, 11) is 2.71. The van der Waals surface area contributed by atoms with Crippen molar-refractivity contribution in [1.29, 1.82) is 0 Å². The number of aliphatic hydroxyl groups excluding tert-OH is 1. The van der Waals surface area contributed by atoms with E-state index in [4.69, 9.17) is 9.84 Å². The molecule has 0 saturated carbocycles. The normalized spacial score (nSPS) is 9.33. The molecule has 0 spiro atoms. The van der Waals surface area contributed by atoms with Gasteiger partial charge in [0.05, 0.1) is 5.60 Å². The molecule has 5 heteroatoms. The van der Waals surface area contributed by atoms with Crippen LogP contribution in [0.15, 0.2) is 53.0 Å². The number of carbonyl (C=O) groups is 2. The van der Waals surface area contributed by atoms with Crippen LogP contribution in [0.2, 0.25) is 0 Å². The molecule has 2 aromatic rings. The van der Waals surface area contributed by atoms with Gasteiger partial charge in [-0.3, -0.25) is 4.79 Å². The Bertz CT molecular complexity index is 614. The third-order valence-electron chi connectivity index (χ3n) is 3.06. The summed E-state index contributed by atoms with van der Waals surface area (Å²) in [6.45, 7) is 8.06. The van der Waals surface area contributed by atoms with Gasteiger partial charge in [-0.1, -0.05) is 57.9 Å². The summed E-state index contributed by atoms with van der Waals surface area (Å²) in [4.78, 5) is 20.2. The molecule has 0 aliphatic carbocycles. The number of aryl methyl sites for hydroxylation is 1. The largest absolute Gasteiger partial charge is 0.400 e. The molecular weight excluding hydrogens is 408 g/mol. The van der Waals surface area contributed by atoms with E-state index in [-0.39, 0.29) is 5.60 Å². The van der Waals surface area contributed by atoms with E-state index in [9.17, 15) is 9.59 Å². The van der Waals surface area contributed by atoms with Crippen LogP contribution in [0.3, 0.4) is 0 Å². The number of methoxy groups -OCH3 is 1. The summed E-state index contributed by atoms with van der Waals surface area (Å²) in [5, 5.41) is 7.00. The van der Waals surface area contributed by atoms with Crippen LogP contribution in [0.25, 0.3) is 0 Å². The van der Waals surface area contributed by atoms with Crippen LogP contribution >= 0.6 is 15.9 Å². The molecule has 0 aliphatic heterocycles. The minimum Gasteiger partial charge on any atom is -0.400 e. The average molecular weight is 439 g/mol. The Kier molecular flexibility index (Phi) is 16.6. The Labute approximate surface area is 171 Å². The lowest BCUT2D eigenvalue weighted by Crippen LogP contribution is -2.15. The quantitative estimate of drug-likeness (QED) is 0.681. The topological polar surface area (TPSA) is 63.6 Å². The number of hydrogen-bond donors (Lipinski definition) is 1. The van der Waals surface area contributed by atoms with E-state index in [1.54, 1.807) is 7.11 Å². The molecular formula is C22H31BrO4. The molecule has 0 heterocycles. The molecule has 0 fully saturated rings. The molecule has 2 rings (SSSR count). The Morgan fingerprint density at radius 3 is 1.74 bits per heavy atom. The first-order chi connectivity index (χ1) is 12.7. The first kappa shape index (κ1) is 27.4. The molecule has 0 aliphatic rings. The monoisotopic (exact) mass is 438 g/mol. The standard InChI is InChI=1S/C8H7BrO.C8H8O.C5H12O.CH4O/c9-8-3-1-7(2-4-8)5-6-10;1-7-2-4-8(6-9)5-3-7;1-5(2,3)6-4;1-2/h1-4,6H,5H2;2-6H,1H3;1-4H3;2H,1H3. The fourth-order valence-corrected chi connectivity index (χ4v) is 1.63. The van der Waals surface area contributed by atoms with Crippen molar-refractivity contribution in [3.05, 3.63) is 69.7 Å². The predicted octanol–water partition coefficient (Wildman–Crippen LogP) is 5.04. The van der Waals surface area contributed by atoms with Gasteiger partial charge in [0.2, 0.25) is 0 Å². The molecule has 0 aromatic heterocycles. The van der Waals surface area contributed by atoms with Crippen LogP contribution in [-0.2, 0) is 16.0 Å². The molecule has 0 atom stereocenters. The molecule has 2 aromatic carbocycles. The van der Waals surface area contributed by atoms with Crippen LogP contribution < -0.4 is 0 Å². The van der Waals surface area contributed by atoms with Crippen molar-refractivity contribution < 1.29 is 19.4 Å². The maximum atomic E-state index is 10.1. The van der Waals surface area contributed by atoms with E-state index in [2.05, 4.69) is 15.9 Å². The second kappa shape index (κ2) is 16.4. The molecule has 150 valence electrons. The molecule has 1 N–H and O–H groups in total. The van der Waals surface area contributed by atoms with E-state index in [1.807, 2.05) is 76.2 Å². The number of rotatable bonds is 3. The van der Waals surface area contributed by atoms with Crippen molar-refractivity contribution in [2.45, 2.75) is 39.7 Å². The number of benzene rings is 2. The highest BCUT2D eigenvalue weighted by Gasteiger charge is 2.04. The Morgan fingerprint density at radius 1 is 0.963 bits per heavy atom. The van der Waals surface area contributed by atoms with Gasteiger partial charge in [-0.25, -0.2) is 0 Å². The van der Waals surface area contributed by atoms with Crippen molar-refractivity contribution in [3.8, 4) is 0 Å². The van der Waals surface area contributed by atoms with Crippen molar-refractivity contribution in [2.24, 2.45) is 0 Å². The molecule has 4 nitrogen and oxygen atoms in total. The van der Waals surface area contributed by atoms with Crippen LogP contribution in [-0.4, -0.2) is 37.5 Å². The van der Waals surface area contributed by atoms with Gasteiger partial charge in [-0.15, -0.1) is 0 Å². The third kappa shape index (κ3) is 17.4. The fourth-order valence-electron chi connectivity index (χ4n) is 1.36. The minimum atomic E-state index is 0.0417. The van der Waals surface area contributed by atoms with Crippen LogP contribution in [0, 0.1) is 6.92 Å². The maximum Gasteiger partial charge on any atom is 0.150 e. The van der Waals surface area contributed by atoms with Gasteiger partial charge in [0.1, 0.15) is 12.6 Å². The number of aldehydes is 2. The number of ether oxygens (including phenoxy) is 1. The lowest BCUT2D eigenvalue weighted by atomic mass is 10.2. The zero-order valence-corrected chi connectivity index (χ0v) is 18.6. The summed E-state index contributed by atoms with van der Waals surface area (Å²) in [6, 6.07) is 15.2. The Hall–Kier alpha value is -1.82. The second-order valence-electron chi connectivity index (χ2n) is 6.34. The van der Waals surface area contributed by atoms with Crippen LogP contribution in [0.4, 0.5) is 0 Å². The van der Waals surface area contributed by atoms with E-state index in [1.165, 1.54) is 5.56 Å². The second-order valence-corrected chi connectivity index (χ2v) is 7.26. The fraction of sp³-hybridized carbons (Fsp3) is 0.364. The zero-order valence-electron chi connectivity index (χ0n) is 17.0. The van der Waals surface area contributed by atoms with Crippen molar-refractivity contribution in [2.75, 3.05) is 14.2 Å². The van der Waals surface area contributed by atoms with Gasteiger partial charge in [0.15, 0.2) is 0 Å². The van der Waals surface area contributed by atoms with E-state index in [0.29, 0.717) is 6.42 Å². The van der Waals surface area contributed by atoms with Crippen molar-refractivity contribution >= 4 is 28.5 Å². The van der Waals surface area contributed by atoms with E-state index >= 15 is 0 Å². The molecule has 0 radical (unpaired) electrons. The van der Waals surface area contributed by atoms with Gasteiger partial charge < -0.3 is 14.6 Å². The predicted molar refractivity (Wildman–Crippen MR) is 115 cm³/mol. The molecule has 0 saturated heterocycles. The number of carbonyl (C=O) groups excluding carboxylic acids is 2. The first-order valence-electron chi connectivity index (χ1n) is 8.41.